The van der Waals surface area contributed by atoms with Gasteiger partial charge < -0.3 is 4.74 Å². The van der Waals surface area contributed by atoms with Gasteiger partial charge >= 0.3 is 5.97 Å². The van der Waals surface area contributed by atoms with Crippen molar-refractivity contribution in [3.63, 3.8) is 0 Å². The summed E-state index contributed by atoms with van der Waals surface area (Å²) in [5.74, 6) is -0.146. The van der Waals surface area contributed by atoms with E-state index in [-0.39, 0.29) is 11.9 Å². The molecule has 0 aromatic heterocycles. The largest absolute Gasteiger partial charge is 0.443 e. The molecule has 0 radical (unpaired) electrons. The van der Waals surface area contributed by atoms with Gasteiger partial charge in [-0.05, 0) is 12.8 Å². The van der Waals surface area contributed by atoms with Gasteiger partial charge in [0.2, 0.25) is 0 Å². The molecule has 1 saturated heterocycles. The molecule has 2 fully saturated rings. The lowest BCUT2D eigenvalue weighted by atomic mass is 9.82. The van der Waals surface area contributed by atoms with Crippen LogP contribution < -0.4 is 0 Å². The zero-order valence-electron chi connectivity index (χ0n) is 6.17. The number of nitriles is 1. The van der Waals surface area contributed by atoms with Gasteiger partial charge in [-0.15, -0.1) is 0 Å². The van der Waals surface area contributed by atoms with E-state index in [1.807, 2.05) is 0 Å². The summed E-state index contributed by atoms with van der Waals surface area (Å²) in [4.78, 5) is 11.0. The molecule has 0 aromatic carbocycles. The Morgan fingerprint density at radius 3 is 3.18 bits per heavy atom. The van der Waals surface area contributed by atoms with Crippen molar-refractivity contribution >= 4 is 5.97 Å². The number of nitrogens with zero attached hydrogens (tertiary/aromatic N) is 1. The molecule has 2 rings (SSSR count). The van der Waals surface area contributed by atoms with Gasteiger partial charge in [0, 0.05) is 12.8 Å². The Labute approximate surface area is 64.9 Å². The second-order valence-corrected chi connectivity index (χ2v) is 3.32. The second-order valence-electron chi connectivity index (χ2n) is 3.32. The van der Waals surface area contributed by atoms with Crippen molar-refractivity contribution in [2.75, 3.05) is 0 Å². The van der Waals surface area contributed by atoms with E-state index in [1.54, 1.807) is 0 Å². The van der Waals surface area contributed by atoms with Crippen molar-refractivity contribution in [1.82, 2.24) is 0 Å². The van der Waals surface area contributed by atoms with Gasteiger partial charge in [0.15, 0.2) is 5.60 Å². The topological polar surface area (TPSA) is 50.1 Å². The maximum absolute atomic E-state index is 11.0. The number of hydrogen-bond donors (Lipinski definition) is 0. The first kappa shape index (κ1) is 6.66. The average molecular weight is 151 g/mol. The Balaban J connectivity index is 2.29. The quantitative estimate of drug-likeness (QED) is 0.485. The highest BCUT2D eigenvalue weighted by molar-refractivity contribution is 5.76. The summed E-state index contributed by atoms with van der Waals surface area (Å²) in [5.41, 5.74) is -0.736. The highest BCUT2D eigenvalue weighted by Crippen LogP contribution is 2.41. The Kier molecular flexibility index (Phi) is 1.19. The maximum atomic E-state index is 11.0. The summed E-state index contributed by atoms with van der Waals surface area (Å²) in [6.45, 7) is 0. The van der Waals surface area contributed by atoms with Gasteiger partial charge in [-0.2, -0.15) is 5.26 Å². The Bertz CT molecular complexity index is 243. The number of esters is 1. The monoisotopic (exact) mass is 151 g/mol. The summed E-state index contributed by atoms with van der Waals surface area (Å²) in [5, 5.41) is 8.76. The number of rotatable bonds is 0. The lowest BCUT2D eigenvalue weighted by molar-refractivity contribution is -0.146. The zero-order chi connectivity index (χ0) is 7.90. The molecule has 2 bridgehead atoms. The standard InChI is InChI=1S/C8H9NO2/c9-5-8-3-1-2-6(4-8)7(10)11-8/h6H,1-4H2. The maximum Gasteiger partial charge on any atom is 0.310 e. The molecule has 2 aliphatic rings. The smallest absolute Gasteiger partial charge is 0.310 e. The van der Waals surface area contributed by atoms with Crippen LogP contribution in [0.15, 0.2) is 0 Å². The van der Waals surface area contributed by atoms with Gasteiger partial charge in [-0.3, -0.25) is 4.79 Å². The number of hydrogen-bond acceptors (Lipinski definition) is 3. The van der Waals surface area contributed by atoms with Crippen molar-refractivity contribution < 1.29 is 9.53 Å². The van der Waals surface area contributed by atoms with Crippen LogP contribution in [0.2, 0.25) is 0 Å². The van der Waals surface area contributed by atoms with Crippen LogP contribution in [0.4, 0.5) is 0 Å². The van der Waals surface area contributed by atoms with Crippen LogP contribution in [-0.2, 0) is 9.53 Å². The van der Waals surface area contributed by atoms with Crippen LogP contribution >= 0.6 is 0 Å². The molecule has 0 N–H and O–H groups in total. The molecule has 0 spiro atoms. The molecular formula is C8H9NO2. The van der Waals surface area contributed by atoms with Crippen molar-refractivity contribution in [2.45, 2.75) is 31.3 Å². The molecule has 0 amide bonds. The van der Waals surface area contributed by atoms with E-state index < -0.39 is 5.60 Å². The fourth-order valence-corrected chi connectivity index (χ4v) is 1.93. The highest BCUT2D eigenvalue weighted by Gasteiger charge is 2.49. The van der Waals surface area contributed by atoms with E-state index in [1.165, 1.54) is 0 Å². The summed E-state index contributed by atoms with van der Waals surface area (Å²) in [6, 6.07) is 2.10. The summed E-state index contributed by atoms with van der Waals surface area (Å²) >= 11 is 0. The highest BCUT2D eigenvalue weighted by atomic mass is 16.6. The molecular weight excluding hydrogens is 142 g/mol. The normalized spacial score (nSPS) is 41.4. The number of carbonyl (C=O) groups is 1. The molecule has 2 unspecified atom stereocenters. The summed E-state index contributed by atoms with van der Waals surface area (Å²) in [6.07, 6.45) is 3.21. The first-order valence-electron chi connectivity index (χ1n) is 3.90. The third-order valence-corrected chi connectivity index (χ3v) is 2.54. The molecule has 1 aliphatic heterocycles. The van der Waals surface area contributed by atoms with E-state index in [9.17, 15) is 4.79 Å². The lowest BCUT2D eigenvalue weighted by Gasteiger charge is -2.21. The average Bonchev–Trinajstić information content (AvgIpc) is 2.25. The lowest BCUT2D eigenvalue weighted by Crippen LogP contribution is -2.27. The minimum Gasteiger partial charge on any atom is -0.443 e. The van der Waals surface area contributed by atoms with Gasteiger partial charge in [0.1, 0.15) is 6.07 Å². The fourth-order valence-electron chi connectivity index (χ4n) is 1.93. The molecule has 1 saturated carbocycles. The molecule has 2 atom stereocenters. The molecule has 3 heteroatoms. The molecule has 3 nitrogen and oxygen atoms in total. The van der Waals surface area contributed by atoms with Crippen molar-refractivity contribution in [3.8, 4) is 6.07 Å². The predicted octanol–water partition coefficient (Wildman–Crippen LogP) is 0.996. The Morgan fingerprint density at radius 1 is 1.73 bits per heavy atom. The van der Waals surface area contributed by atoms with E-state index in [2.05, 4.69) is 6.07 Å². The van der Waals surface area contributed by atoms with Crippen molar-refractivity contribution in [2.24, 2.45) is 5.92 Å². The van der Waals surface area contributed by atoms with E-state index in [0.29, 0.717) is 6.42 Å². The number of carbonyl (C=O) groups excluding carboxylic acids is 1. The van der Waals surface area contributed by atoms with Gasteiger partial charge in [0.05, 0.1) is 5.92 Å². The van der Waals surface area contributed by atoms with Crippen molar-refractivity contribution in [1.29, 1.82) is 5.26 Å². The fraction of sp³-hybridized carbons (Fsp3) is 0.750. The Hall–Kier alpha value is -1.04. The minimum atomic E-state index is -0.736. The Morgan fingerprint density at radius 2 is 2.55 bits per heavy atom. The van der Waals surface area contributed by atoms with Crippen LogP contribution in [0.5, 0.6) is 0 Å². The van der Waals surface area contributed by atoms with Crippen LogP contribution in [0, 0.1) is 17.2 Å². The molecule has 58 valence electrons. The van der Waals surface area contributed by atoms with Gasteiger partial charge in [-0.25, -0.2) is 0 Å². The molecule has 1 heterocycles. The van der Waals surface area contributed by atoms with E-state index in [0.717, 1.165) is 19.3 Å². The number of ether oxygens (including phenoxy) is 1. The van der Waals surface area contributed by atoms with Crippen LogP contribution in [-0.4, -0.2) is 11.6 Å². The SMILES string of the molecule is N#CC12CCCC(C1)C(=O)O2. The first-order valence-corrected chi connectivity index (χ1v) is 3.90. The van der Waals surface area contributed by atoms with Crippen molar-refractivity contribution in [3.05, 3.63) is 0 Å². The van der Waals surface area contributed by atoms with Crippen LogP contribution in [0.1, 0.15) is 25.7 Å². The summed E-state index contributed by atoms with van der Waals surface area (Å²) < 4.78 is 5.02. The van der Waals surface area contributed by atoms with Gasteiger partial charge in [0.25, 0.3) is 0 Å². The minimum absolute atomic E-state index is 0.0170. The van der Waals surface area contributed by atoms with Crippen LogP contribution in [0.3, 0.4) is 0 Å². The molecule has 0 aromatic rings. The van der Waals surface area contributed by atoms with E-state index in [4.69, 9.17) is 10.00 Å². The molecule has 1 aliphatic carbocycles. The third kappa shape index (κ3) is 0.823. The third-order valence-electron chi connectivity index (χ3n) is 2.54. The summed E-state index contributed by atoms with van der Waals surface area (Å²) in [7, 11) is 0. The predicted molar refractivity (Wildman–Crippen MR) is 36.4 cm³/mol. The number of fused-ring (bicyclic) bond motifs is 2. The van der Waals surface area contributed by atoms with E-state index >= 15 is 0 Å². The first-order chi connectivity index (χ1) is 5.26. The van der Waals surface area contributed by atoms with Gasteiger partial charge in [-0.1, -0.05) is 0 Å². The second kappa shape index (κ2) is 1.97. The molecule has 11 heavy (non-hydrogen) atoms. The zero-order valence-corrected chi connectivity index (χ0v) is 6.17. The van der Waals surface area contributed by atoms with Crippen LogP contribution in [0.25, 0.3) is 0 Å².